The highest BCUT2D eigenvalue weighted by molar-refractivity contribution is 7.90. The molecular weight excluding hydrogens is 282 g/mol. The Morgan fingerprint density at radius 1 is 1.05 bits per heavy atom. The molecule has 100 valence electrons. The molecule has 0 amide bonds. The van der Waals surface area contributed by atoms with E-state index in [2.05, 4.69) is 0 Å². The van der Waals surface area contributed by atoms with E-state index in [1.807, 2.05) is 12.1 Å². The van der Waals surface area contributed by atoms with E-state index in [1.54, 1.807) is 36.4 Å². The van der Waals surface area contributed by atoms with Gasteiger partial charge in [0, 0.05) is 11.3 Å². The van der Waals surface area contributed by atoms with Crippen LogP contribution in [0.4, 0.5) is 0 Å². The van der Waals surface area contributed by atoms with Crippen molar-refractivity contribution in [2.24, 2.45) is 5.73 Å². The van der Waals surface area contributed by atoms with Crippen LogP contribution in [0.15, 0.2) is 53.4 Å². The first-order valence-electron chi connectivity index (χ1n) is 5.69. The van der Waals surface area contributed by atoms with Gasteiger partial charge in [0.05, 0.1) is 10.9 Å². The summed E-state index contributed by atoms with van der Waals surface area (Å²) in [7, 11) is -3.18. The van der Waals surface area contributed by atoms with E-state index in [-0.39, 0.29) is 10.9 Å². The Labute approximate surface area is 117 Å². The molecule has 2 N–H and O–H groups in total. The fraction of sp³-hybridized carbons (Fsp3) is 0.143. The van der Waals surface area contributed by atoms with Gasteiger partial charge in [-0.15, -0.1) is 0 Å². The Balaban J connectivity index is 2.32. The highest BCUT2D eigenvalue weighted by Crippen LogP contribution is 2.23. The largest absolute Gasteiger partial charge is 0.320 e. The van der Waals surface area contributed by atoms with Crippen LogP contribution in [0.25, 0.3) is 0 Å². The van der Waals surface area contributed by atoms with Crippen molar-refractivity contribution >= 4 is 21.4 Å². The minimum Gasteiger partial charge on any atom is -0.320 e. The van der Waals surface area contributed by atoms with Gasteiger partial charge in [-0.05, 0) is 35.4 Å². The summed E-state index contributed by atoms with van der Waals surface area (Å²) < 4.78 is 22.8. The fourth-order valence-electron chi connectivity index (χ4n) is 1.81. The van der Waals surface area contributed by atoms with Crippen molar-refractivity contribution in [3.63, 3.8) is 0 Å². The van der Waals surface area contributed by atoms with Crippen molar-refractivity contribution in [3.8, 4) is 0 Å². The van der Waals surface area contributed by atoms with Gasteiger partial charge in [-0.1, -0.05) is 35.9 Å². The molecule has 1 atom stereocenters. The van der Waals surface area contributed by atoms with Crippen molar-refractivity contribution in [3.05, 3.63) is 64.7 Å². The van der Waals surface area contributed by atoms with Crippen molar-refractivity contribution in [1.82, 2.24) is 0 Å². The van der Waals surface area contributed by atoms with Gasteiger partial charge in [0.2, 0.25) is 0 Å². The summed E-state index contributed by atoms with van der Waals surface area (Å²) in [6.07, 6.45) is 1.18. The first-order chi connectivity index (χ1) is 8.88. The molecule has 2 aromatic rings. The van der Waals surface area contributed by atoms with Gasteiger partial charge in [-0.3, -0.25) is 0 Å². The van der Waals surface area contributed by atoms with Crippen LogP contribution < -0.4 is 5.73 Å². The van der Waals surface area contributed by atoms with Crippen LogP contribution in [0.3, 0.4) is 0 Å². The molecule has 0 aliphatic rings. The summed E-state index contributed by atoms with van der Waals surface area (Å²) in [5.41, 5.74) is 7.87. The first-order valence-corrected chi connectivity index (χ1v) is 7.96. The molecule has 5 heteroatoms. The second kappa shape index (κ2) is 5.33. The molecule has 0 saturated heterocycles. The average molecular weight is 296 g/mol. The van der Waals surface area contributed by atoms with Crippen LogP contribution in [0, 0.1) is 0 Å². The van der Waals surface area contributed by atoms with Crippen LogP contribution >= 0.6 is 11.6 Å². The van der Waals surface area contributed by atoms with Gasteiger partial charge in [-0.25, -0.2) is 8.42 Å². The summed E-state index contributed by atoms with van der Waals surface area (Å²) in [6, 6.07) is 13.6. The minimum atomic E-state index is -3.18. The fourth-order valence-corrected chi connectivity index (χ4v) is 2.64. The Morgan fingerprint density at radius 3 is 2.21 bits per heavy atom. The summed E-state index contributed by atoms with van der Waals surface area (Å²) in [5, 5.41) is 0.626. The predicted molar refractivity (Wildman–Crippen MR) is 77.0 cm³/mol. The third-order valence-electron chi connectivity index (χ3n) is 2.88. The Morgan fingerprint density at radius 2 is 1.68 bits per heavy atom. The summed E-state index contributed by atoms with van der Waals surface area (Å²) in [4.78, 5) is 0.287. The molecule has 0 aliphatic carbocycles. The van der Waals surface area contributed by atoms with Gasteiger partial charge in [-0.2, -0.15) is 0 Å². The van der Waals surface area contributed by atoms with E-state index >= 15 is 0 Å². The standard InChI is InChI=1S/C14H14ClNO2S/c1-19(17,18)13-7-5-10(6-8-13)14(16)11-3-2-4-12(15)9-11/h2-9,14H,16H2,1H3. The summed E-state index contributed by atoms with van der Waals surface area (Å²) in [6.45, 7) is 0. The summed E-state index contributed by atoms with van der Waals surface area (Å²) >= 11 is 5.93. The maximum atomic E-state index is 11.4. The summed E-state index contributed by atoms with van der Waals surface area (Å²) in [5.74, 6) is 0. The molecule has 0 heterocycles. The maximum Gasteiger partial charge on any atom is 0.175 e. The number of hydrogen-bond acceptors (Lipinski definition) is 3. The van der Waals surface area contributed by atoms with E-state index in [4.69, 9.17) is 17.3 Å². The van der Waals surface area contributed by atoms with Gasteiger partial charge >= 0.3 is 0 Å². The normalized spacial score (nSPS) is 13.2. The quantitative estimate of drug-likeness (QED) is 0.947. The number of benzene rings is 2. The molecule has 0 spiro atoms. The van der Waals surface area contributed by atoms with E-state index < -0.39 is 9.84 Å². The van der Waals surface area contributed by atoms with Gasteiger partial charge in [0.15, 0.2) is 9.84 Å². The van der Waals surface area contributed by atoms with Crippen LogP contribution in [0.2, 0.25) is 5.02 Å². The molecule has 0 radical (unpaired) electrons. The van der Waals surface area contributed by atoms with Crippen LogP contribution in [-0.4, -0.2) is 14.7 Å². The van der Waals surface area contributed by atoms with Crippen molar-refractivity contribution in [2.45, 2.75) is 10.9 Å². The number of hydrogen-bond donors (Lipinski definition) is 1. The van der Waals surface area contributed by atoms with Crippen molar-refractivity contribution in [1.29, 1.82) is 0 Å². The minimum absolute atomic E-state index is 0.287. The van der Waals surface area contributed by atoms with Gasteiger partial charge < -0.3 is 5.73 Å². The lowest BCUT2D eigenvalue weighted by Crippen LogP contribution is -2.12. The smallest absolute Gasteiger partial charge is 0.175 e. The van der Waals surface area contributed by atoms with E-state index in [9.17, 15) is 8.42 Å². The molecular formula is C14H14ClNO2S. The monoisotopic (exact) mass is 295 g/mol. The highest BCUT2D eigenvalue weighted by atomic mass is 35.5. The van der Waals surface area contributed by atoms with Gasteiger partial charge in [0.1, 0.15) is 0 Å². The van der Waals surface area contributed by atoms with E-state index in [0.717, 1.165) is 11.1 Å². The molecule has 0 bridgehead atoms. The lowest BCUT2D eigenvalue weighted by Gasteiger charge is -2.13. The highest BCUT2D eigenvalue weighted by Gasteiger charge is 2.11. The molecule has 2 aromatic carbocycles. The number of nitrogens with two attached hydrogens (primary N) is 1. The zero-order chi connectivity index (χ0) is 14.0. The average Bonchev–Trinajstić information content (AvgIpc) is 2.37. The number of halogens is 1. The molecule has 0 fully saturated rings. The number of sulfone groups is 1. The van der Waals surface area contributed by atoms with E-state index in [1.165, 1.54) is 6.26 Å². The zero-order valence-electron chi connectivity index (χ0n) is 10.4. The third kappa shape index (κ3) is 3.35. The van der Waals surface area contributed by atoms with E-state index in [0.29, 0.717) is 5.02 Å². The third-order valence-corrected chi connectivity index (χ3v) is 4.24. The molecule has 0 aromatic heterocycles. The van der Waals surface area contributed by atoms with Crippen molar-refractivity contribution < 1.29 is 8.42 Å². The van der Waals surface area contributed by atoms with Gasteiger partial charge in [0.25, 0.3) is 0 Å². The van der Waals surface area contributed by atoms with Crippen LogP contribution in [0.5, 0.6) is 0 Å². The second-order valence-corrected chi connectivity index (χ2v) is 6.83. The Hall–Kier alpha value is -1.36. The molecule has 3 nitrogen and oxygen atoms in total. The first kappa shape index (κ1) is 14.1. The lowest BCUT2D eigenvalue weighted by atomic mass is 10.00. The molecule has 0 aliphatic heterocycles. The zero-order valence-corrected chi connectivity index (χ0v) is 11.9. The lowest BCUT2D eigenvalue weighted by molar-refractivity contribution is 0.602. The number of rotatable bonds is 3. The molecule has 0 saturated carbocycles. The predicted octanol–water partition coefficient (Wildman–Crippen LogP) is 2.79. The van der Waals surface area contributed by atoms with Crippen LogP contribution in [0.1, 0.15) is 17.2 Å². The molecule has 2 rings (SSSR count). The van der Waals surface area contributed by atoms with Crippen LogP contribution in [-0.2, 0) is 9.84 Å². The molecule has 1 unspecified atom stereocenters. The Bertz CT molecular complexity index is 681. The van der Waals surface area contributed by atoms with Crippen molar-refractivity contribution in [2.75, 3.05) is 6.26 Å². The SMILES string of the molecule is CS(=O)(=O)c1ccc(C(N)c2cccc(Cl)c2)cc1. The topological polar surface area (TPSA) is 60.2 Å². The molecule has 19 heavy (non-hydrogen) atoms. The Kier molecular flexibility index (Phi) is 3.94. The maximum absolute atomic E-state index is 11.4. The second-order valence-electron chi connectivity index (χ2n) is 4.37.